The van der Waals surface area contributed by atoms with Crippen LogP contribution >= 0.6 is 11.6 Å². The average Bonchev–Trinajstić information content (AvgIpc) is 2.58. The average molecular weight is 329 g/mol. The lowest BCUT2D eigenvalue weighted by atomic mass is 9.95. The summed E-state index contributed by atoms with van der Waals surface area (Å²) in [4.78, 5) is 14.7. The minimum Gasteiger partial charge on any atom is -0.337 e. The number of fused-ring (bicyclic) bond motifs is 1. The topological polar surface area (TPSA) is 32.3 Å². The first-order valence-electron chi connectivity index (χ1n) is 8.00. The van der Waals surface area contributed by atoms with Gasteiger partial charge in [0, 0.05) is 24.7 Å². The Morgan fingerprint density at radius 2 is 2.00 bits per heavy atom. The van der Waals surface area contributed by atoms with Crippen LogP contribution in [0.4, 0.5) is 0 Å². The second-order valence-electron chi connectivity index (χ2n) is 5.89. The predicted octanol–water partition coefficient (Wildman–Crippen LogP) is 3.40. The van der Waals surface area contributed by atoms with Crippen LogP contribution in [0.2, 0.25) is 5.02 Å². The van der Waals surface area contributed by atoms with Gasteiger partial charge in [-0.05, 0) is 42.2 Å². The highest BCUT2D eigenvalue weighted by molar-refractivity contribution is 6.30. The zero-order valence-corrected chi connectivity index (χ0v) is 14.0. The first-order valence-corrected chi connectivity index (χ1v) is 8.38. The molecule has 0 spiro atoms. The Kier molecular flexibility index (Phi) is 4.99. The van der Waals surface area contributed by atoms with Gasteiger partial charge in [-0.25, -0.2) is 0 Å². The number of nitrogens with one attached hydrogen (secondary N) is 1. The van der Waals surface area contributed by atoms with E-state index in [1.165, 1.54) is 11.1 Å². The van der Waals surface area contributed by atoms with Crippen molar-refractivity contribution < 1.29 is 4.79 Å². The van der Waals surface area contributed by atoms with E-state index in [0.717, 1.165) is 18.5 Å². The molecule has 0 bridgehead atoms. The monoisotopic (exact) mass is 328 g/mol. The van der Waals surface area contributed by atoms with Gasteiger partial charge in [-0.3, -0.25) is 4.79 Å². The molecule has 0 saturated heterocycles. The molecule has 2 aromatic rings. The number of hydrogen-bond acceptors (Lipinski definition) is 2. The molecule has 1 atom stereocenters. The van der Waals surface area contributed by atoms with Crippen LogP contribution in [-0.4, -0.2) is 23.4 Å². The van der Waals surface area contributed by atoms with Crippen molar-refractivity contribution in [3.63, 3.8) is 0 Å². The Hall–Kier alpha value is -1.84. The first kappa shape index (κ1) is 16.0. The highest BCUT2D eigenvalue weighted by atomic mass is 35.5. The summed E-state index contributed by atoms with van der Waals surface area (Å²) in [7, 11) is 0. The lowest BCUT2D eigenvalue weighted by Crippen LogP contribution is -2.49. The van der Waals surface area contributed by atoms with Gasteiger partial charge >= 0.3 is 0 Å². The van der Waals surface area contributed by atoms with Crippen molar-refractivity contribution in [3.8, 4) is 0 Å². The van der Waals surface area contributed by atoms with Crippen molar-refractivity contribution in [2.75, 3.05) is 6.54 Å². The van der Waals surface area contributed by atoms with Crippen LogP contribution in [0.3, 0.4) is 0 Å². The number of rotatable bonds is 4. The van der Waals surface area contributed by atoms with Gasteiger partial charge in [0.05, 0.1) is 6.04 Å². The maximum absolute atomic E-state index is 12.9. The smallest absolute Gasteiger partial charge is 0.240 e. The summed E-state index contributed by atoms with van der Waals surface area (Å²) in [5.74, 6) is 0.155. The van der Waals surface area contributed by atoms with Gasteiger partial charge in [-0.15, -0.1) is 0 Å². The number of nitrogens with zero attached hydrogens (tertiary/aromatic N) is 1. The van der Waals surface area contributed by atoms with Crippen molar-refractivity contribution in [1.29, 1.82) is 0 Å². The number of carbonyl (C=O) groups is 1. The zero-order chi connectivity index (χ0) is 16.2. The van der Waals surface area contributed by atoms with Crippen LogP contribution < -0.4 is 5.32 Å². The van der Waals surface area contributed by atoms with Crippen LogP contribution in [0.25, 0.3) is 0 Å². The van der Waals surface area contributed by atoms with Crippen molar-refractivity contribution in [2.24, 2.45) is 0 Å². The quantitative estimate of drug-likeness (QED) is 0.933. The van der Waals surface area contributed by atoms with Crippen LogP contribution in [0, 0.1) is 0 Å². The van der Waals surface area contributed by atoms with E-state index in [-0.39, 0.29) is 11.9 Å². The molecular weight excluding hydrogens is 308 g/mol. The summed E-state index contributed by atoms with van der Waals surface area (Å²) in [5, 5.41) is 4.07. The van der Waals surface area contributed by atoms with Gasteiger partial charge in [-0.1, -0.05) is 48.0 Å². The van der Waals surface area contributed by atoms with Gasteiger partial charge in [0.15, 0.2) is 0 Å². The van der Waals surface area contributed by atoms with Gasteiger partial charge in [-0.2, -0.15) is 0 Å². The van der Waals surface area contributed by atoms with E-state index in [4.69, 9.17) is 11.6 Å². The van der Waals surface area contributed by atoms with E-state index in [1.54, 1.807) is 0 Å². The molecule has 3 nitrogen and oxygen atoms in total. The van der Waals surface area contributed by atoms with Gasteiger partial charge < -0.3 is 10.2 Å². The summed E-state index contributed by atoms with van der Waals surface area (Å²) in [5.41, 5.74) is 3.61. The van der Waals surface area contributed by atoms with E-state index < -0.39 is 0 Å². The molecule has 1 N–H and O–H groups in total. The zero-order valence-electron chi connectivity index (χ0n) is 13.3. The third kappa shape index (κ3) is 3.74. The molecule has 23 heavy (non-hydrogen) atoms. The third-order valence-electron chi connectivity index (χ3n) is 4.34. The van der Waals surface area contributed by atoms with E-state index in [1.807, 2.05) is 48.2 Å². The maximum Gasteiger partial charge on any atom is 0.240 e. The first-order chi connectivity index (χ1) is 11.2. The number of hydrogen-bond donors (Lipinski definition) is 1. The van der Waals surface area contributed by atoms with Gasteiger partial charge in [0.25, 0.3) is 0 Å². The maximum atomic E-state index is 12.9. The molecule has 0 saturated carbocycles. The molecule has 1 aliphatic heterocycles. The second-order valence-corrected chi connectivity index (χ2v) is 6.33. The summed E-state index contributed by atoms with van der Waals surface area (Å²) in [6.07, 6.45) is 0.751. The summed E-state index contributed by atoms with van der Waals surface area (Å²) in [6.45, 7) is 4.04. The van der Waals surface area contributed by atoms with Crippen molar-refractivity contribution in [2.45, 2.75) is 32.5 Å². The van der Waals surface area contributed by atoms with Crippen molar-refractivity contribution in [1.82, 2.24) is 10.2 Å². The molecular formula is C19H21ClN2O. The largest absolute Gasteiger partial charge is 0.337 e. The number of likely N-dealkylation sites (N-methyl/N-ethyl adjacent to an activating group) is 1. The fraction of sp³-hybridized carbons (Fsp3) is 0.316. The van der Waals surface area contributed by atoms with E-state index in [2.05, 4.69) is 17.4 Å². The molecule has 1 heterocycles. The molecule has 1 amide bonds. The highest BCUT2D eigenvalue weighted by Gasteiger charge is 2.27. The molecule has 0 fully saturated rings. The number of halogens is 1. The van der Waals surface area contributed by atoms with Crippen molar-refractivity contribution >= 4 is 17.5 Å². The Bertz CT molecular complexity index is 701. The summed E-state index contributed by atoms with van der Waals surface area (Å²) >= 11 is 6.04. The van der Waals surface area contributed by atoms with Crippen LogP contribution in [0.5, 0.6) is 0 Å². The second kappa shape index (κ2) is 7.16. The molecule has 0 radical (unpaired) electrons. The molecule has 1 unspecified atom stereocenters. The minimum absolute atomic E-state index is 0.149. The van der Waals surface area contributed by atoms with E-state index in [9.17, 15) is 4.79 Å². The Morgan fingerprint density at radius 1 is 1.22 bits per heavy atom. The van der Waals surface area contributed by atoms with Crippen LogP contribution in [0.15, 0.2) is 48.5 Å². The molecule has 0 aromatic heterocycles. The van der Waals surface area contributed by atoms with Crippen LogP contribution in [0.1, 0.15) is 23.6 Å². The lowest BCUT2D eigenvalue weighted by Gasteiger charge is -2.30. The van der Waals surface area contributed by atoms with E-state index >= 15 is 0 Å². The SMILES string of the molecule is CCN(Cc1cccc(Cl)c1)C(=O)C1Cc2ccccc2CN1. The van der Waals surface area contributed by atoms with Gasteiger partial charge in [0.1, 0.15) is 0 Å². The fourth-order valence-corrected chi connectivity index (χ4v) is 3.26. The van der Waals surface area contributed by atoms with Gasteiger partial charge in [0.2, 0.25) is 5.91 Å². The predicted molar refractivity (Wildman–Crippen MR) is 93.3 cm³/mol. The number of amides is 1. The lowest BCUT2D eigenvalue weighted by molar-refractivity contribution is -0.134. The summed E-state index contributed by atoms with van der Waals surface area (Å²) < 4.78 is 0. The van der Waals surface area contributed by atoms with Crippen LogP contribution in [-0.2, 0) is 24.3 Å². The normalized spacial score (nSPS) is 16.7. The fourth-order valence-electron chi connectivity index (χ4n) is 3.05. The Balaban J connectivity index is 1.71. The number of benzene rings is 2. The molecule has 1 aliphatic rings. The molecule has 2 aromatic carbocycles. The number of carbonyl (C=O) groups excluding carboxylic acids is 1. The molecule has 4 heteroatoms. The molecule has 0 aliphatic carbocycles. The molecule has 3 rings (SSSR count). The minimum atomic E-state index is -0.149. The molecule has 120 valence electrons. The summed E-state index contributed by atoms with van der Waals surface area (Å²) in [6, 6.07) is 15.9. The van der Waals surface area contributed by atoms with E-state index in [0.29, 0.717) is 18.1 Å². The van der Waals surface area contributed by atoms with Crippen molar-refractivity contribution in [3.05, 3.63) is 70.2 Å². The highest BCUT2D eigenvalue weighted by Crippen LogP contribution is 2.19. The third-order valence-corrected chi connectivity index (χ3v) is 4.57. The Morgan fingerprint density at radius 3 is 2.74 bits per heavy atom. The standard InChI is InChI=1S/C19H21ClN2O/c1-2-22(13-14-6-5-9-17(20)10-14)19(23)18-11-15-7-3-4-8-16(15)12-21-18/h3-10,18,21H,2,11-13H2,1H3. The Labute approximate surface area is 142 Å².